The molecule has 3 heterocycles. The van der Waals surface area contributed by atoms with Crippen molar-refractivity contribution in [3.8, 4) is 0 Å². The van der Waals surface area contributed by atoms with Gasteiger partial charge in [-0.15, -0.1) is 11.3 Å². The number of sulfonamides is 1. The highest BCUT2D eigenvalue weighted by Gasteiger charge is 2.35. The Morgan fingerprint density at radius 2 is 2.03 bits per heavy atom. The minimum absolute atomic E-state index is 0.119. The van der Waals surface area contributed by atoms with E-state index in [1.807, 2.05) is 5.38 Å². The Bertz CT molecular complexity index is 1010. The van der Waals surface area contributed by atoms with Crippen molar-refractivity contribution < 1.29 is 22.7 Å². The molecular formula is C23H31N3O5S2. The number of carbonyl (C=O) groups is 1. The molecule has 180 valence electrons. The summed E-state index contributed by atoms with van der Waals surface area (Å²) in [5.74, 6) is -0.123. The Labute approximate surface area is 199 Å². The standard InChI is InChI=1S/C23H31N3O5S2/c1-30-16-19-3-2-11-26(19)33(28,29)20-6-4-18(5-7-20)21(15-17-8-12-31-13-9-17)22(27)25-23-24-10-14-32-23/h4-7,10,14,17,19,21H,2-3,8-9,11-13,15-16H2,1H3,(H,24,25,27). The van der Waals surface area contributed by atoms with Gasteiger partial charge in [0, 0.05) is 44.5 Å². The molecule has 1 aromatic carbocycles. The highest BCUT2D eigenvalue weighted by atomic mass is 32.2. The first-order chi connectivity index (χ1) is 16.0. The average molecular weight is 494 g/mol. The number of ether oxygens (including phenoxy) is 2. The lowest BCUT2D eigenvalue weighted by Gasteiger charge is -2.27. The largest absolute Gasteiger partial charge is 0.383 e. The minimum atomic E-state index is -3.61. The molecule has 1 aromatic heterocycles. The predicted molar refractivity (Wildman–Crippen MR) is 127 cm³/mol. The van der Waals surface area contributed by atoms with Gasteiger partial charge in [-0.3, -0.25) is 4.79 Å². The molecule has 2 aliphatic rings. The van der Waals surface area contributed by atoms with E-state index in [0.717, 1.165) is 31.2 Å². The molecule has 0 spiro atoms. The third-order valence-corrected chi connectivity index (χ3v) is 9.11. The summed E-state index contributed by atoms with van der Waals surface area (Å²) in [4.78, 5) is 17.6. The Kier molecular flexibility index (Phi) is 8.13. The van der Waals surface area contributed by atoms with Crippen molar-refractivity contribution in [2.75, 3.05) is 38.8 Å². The molecule has 0 aliphatic carbocycles. The van der Waals surface area contributed by atoms with Crippen LogP contribution in [0.4, 0.5) is 5.13 Å². The van der Waals surface area contributed by atoms with Gasteiger partial charge in [-0.1, -0.05) is 12.1 Å². The van der Waals surface area contributed by atoms with Crippen molar-refractivity contribution in [1.29, 1.82) is 0 Å². The van der Waals surface area contributed by atoms with E-state index in [2.05, 4.69) is 10.3 Å². The van der Waals surface area contributed by atoms with Crippen molar-refractivity contribution in [1.82, 2.24) is 9.29 Å². The number of thiazole rings is 1. The quantitative estimate of drug-likeness (QED) is 0.574. The molecule has 10 heteroatoms. The summed E-state index contributed by atoms with van der Waals surface area (Å²) in [6.45, 7) is 2.31. The van der Waals surface area contributed by atoms with Gasteiger partial charge in [0.15, 0.2) is 5.13 Å². The first-order valence-corrected chi connectivity index (χ1v) is 13.7. The number of hydrogen-bond acceptors (Lipinski definition) is 7. The topological polar surface area (TPSA) is 97.8 Å². The first kappa shape index (κ1) is 24.3. The molecule has 8 nitrogen and oxygen atoms in total. The van der Waals surface area contributed by atoms with E-state index in [9.17, 15) is 13.2 Å². The molecule has 0 saturated carbocycles. The third-order valence-electron chi connectivity index (χ3n) is 6.46. The summed E-state index contributed by atoms with van der Waals surface area (Å²) in [5.41, 5.74) is 0.810. The van der Waals surface area contributed by atoms with Crippen molar-refractivity contribution in [2.45, 2.75) is 49.0 Å². The van der Waals surface area contributed by atoms with Gasteiger partial charge in [0.25, 0.3) is 0 Å². The van der Waals surface area contributed by atoms with Gasteiger partial charge in [0.05, 0.1) is 17.4 Å². The second kappa shape index (κ2) is 11.1. The smallest absolute Gasteiger partial charge is 0.243 e. The first-order valence-electron chi connectivity index (χ1n) is 11.4. The van der Waals surface area contributed by atoms with Crippen LogP contribution in [0.5, 0.6) is 0 Å². The monoisotopic (exact) mass is 493 g/mol. The van der Waals surface area contributed by atoms with Crippen molar-refractivity contribution in [2.24, 2.45) is 5.92 Å². The summed E-state index contributed by atoms with van der Waals surface area (Å²) in [5, 5.41) is 5.30. The predicted octanol–water partition coefficient (Wildman–Crippen LogP) is 3.48. The van der Waals surface area contributed by atoms with Crippen LogP contribution in [0.25, 0.3) is 0 Å². The number of rotatable bonds is 9. The molecule has 0 bridgehead atoms. The molecule has 2 aliphatic heterocycles. The number of nitrogens with one attached hydrogen (secondary N) is 1. The number of nitrogens with zero attached hydrogens (tertiary/aromatic N) is 2. The van der Waals surface area contributed by atoms with Gasteiger partial charge in [0.2, 0.25) is 15.9 Å². The lowest BCUT2D eigenvalue weighted by atomic mass is 9.84. The summed E-state index contributed by atoms with van der Waals surface area (Å²) >= 11 is 1.38. The van der Waals surface area contributed by atoms with Crippen molar-refractivity contribution in [3.63, 3.8) is 0 Å². The van der Waals surface area contributed by atoms with Crippen LogP contribution in [0.2, 0.25) is 0 Å². The summed E-state index contributed by atoms with van der Waals surface area (Å²) in [6, 6.07) is 6.67. The highest BCUT2D eigenvalue weighted by Crippen LogP contribution is 2.32. The number of amides is 1. The molecule has 4 rings (SSSR count). The SMILES string of the molecule is COCC1CCCN1S(=O)(=O)c1ccc(C(CC2CCOCC2)C(=O)Nc2nccs2)cc1. The van der Waals surface area contributed by atoms with E-state index in [0.29, 0.717) is 43.8 Å². The number of benzene rings is 1. The number of hydrogen-bond donors (Lipinski definition) is 1. The Morgan fingerprint density at radius 1 is 1.27 bits per heavy atom. The second-order valence-electron chi connectivity index (χ2n) is 8.61. The molecule has 0 radical (unpaired) electrons. The fourth-order valence-electron chi connectivity index (χ4n) is 4.68. The number of aromatic nitrogens is 1. The van der Waals surface area contributed by atoms with E-state index in [1.165, 1.54) is 11.3 Å². The van der Waals surface area contributed by atoms with Crippen LogP contribution >= 0.6 is 11.3 Å². The average Bonchev–Trinajstić information content (AvgIpc) is 3.51. The normalized spacial score (nSPS) is 21.2. The number of carbonyl (C=O) groups excluding carboxylic acids is 1. The van der Waals surface area contributed by atoms with E-state index in [4.69, 9.17) is 9.47 Å². The van der Waals surface area contributed by atoms with Gasteiger partial charge >= 0.3 is 0 Å². The van der Waals surface area contributed by atoms with Crippen molar-refractivity contribution in [3.05, 3.63) is 41.4 Å². The minimum Gasteiger partial charge on any atom is -0.383 e. The lowest BCUT2D eigenvalue weighted by Crippen LogP contribution is -2.38. The maximum Gasteiger partial charge on any atom is 0.243 e. The maximum absolute atomic E-state index is 13.2. The van der Waals surface area contributed by atoms with E-state index in [-0.39, 0.29) is 22.8 Å². The molecule has 1 amide bonds. The van der Waals surface area contributed by atoms with Gasteiger partial charge < -0.3 is 14.8 Å². The zero-order valence-corrected chi connectivity index (χ0v) is 20.4. The molecule has 2 fully saturated rings. The van der Waals surface area contributed by atoms with E-state index < -0.39 is 10.0 Å². The van der Waals surface area contributed by atoms with Crippen LogP contribution in [0.1, 0.15) is 43.6 Å². The Hall–Kier alpha value is -1.85. The number of anilines is 1. The van der Waals surface area contributed by atoms with Crippen LogP contribution in [0.3, 0.4) is 0 Å². The van der Waals surface area contributed by atoms with Crippen LogP contribution in [-0.2, 0) is 24.3 Å². The van der Waals surface area contributed by atoms with Gasteiger partial charge in [-0.25, -0.2) is 13.4 Å². The van der Waals surface area contributed by atoms with Gasteiger partial charge in [-0.05, 0) is 55.7 Å². The number of methoxy groups -OCH3 is 1. The molecular weight excluding hydrogens is 462 g/mol. The zero-order valence-electron chi connectivity index (χ0n) is 18.8. The summed E-state index contributed by atoms with van der Waals surface area (Å²) < 4.78 is 38.7. The van der Waals surface area contributed by atoms with E-state index >= 15 is 0 Å². The van der Waals surface area contributed by atoms with Crippen LogP contribution < -0.4 is 5.32 Å². The van der Waals surface area contributed by atoms with Crippen LogP contribution in [-0.4, -0.2) is 63.1 Å². The van der Waals surface area contributed by atoms with Crippen molar-refractivity contribution >= 4 is 32.4 Å². The third kappa shape index (κ3) is 5.81. The van der Waals surface area contributed by atoms with Gasteiger partial charge in [-0.2, -0.15) is 4.31 Å². The molecule has 1 N–H and O–H groups in total. The fraction of sp³-hybridized carbons (Fsp3) is 0.565. The highest BCUT2D eigenvalue weighted by molar-refractivity contribution is 7.89. The fourth-order valence-corrected chi connectivity index (χ4v) is 6.89. The molecule has 33 heavy (non-hydrogen) atoms. The van der Waals surface area contributed by atoms with Crippen LogP contribution in [0, 0.1) is 5.92 Å². The molecule has 2 aromatic rings. The Morgan fingerprint density at radius 3 is 2.70 bits per heavy atom. The molecule has 2 atom stereocenters. The Balaban J connectivity index is 1.54. The summed E-state index contributed by atoms with van der Waals surface area (Å²) in [6.07, 6.45) is 5.81. The summed E-state index contributed by atoms with van der Waals surface area (Å²) in [7, 11) is -2.02. The maximum atomic E-state index is 13.2. The van der Waals surface area contributed by atoms with E-state index in [1.54, 1.807) is 41.9 Å². The molecule has 2 saturated heterocycles. The second-order valence-corrected chi connectivity index (χ2v) is 11.4. The molecule has 2 unspecified atom stereocenters. The zero-order chi connectivity index (χ0) is 23.3. The van der Waals surface area contributed by atoms with Crippen LogP contribution in [0.15, 0.2) is 40.7 Å². The van der Waals surface area contributed by atoms with Gasteiger partial charge in [0.1, 0.15) is 0 Å². The lowest BCUT2D eigenvalue weighted by molar-refractivity contribution is -0.118.